The van der Waals surface area contributed by atoms with Gasteiger partial charge < -0.3 is 9.73 Å². The lowest BCUT2D eigenvalue weighted by molar-refractivity contribution is -0.116. The zero-order chi connectivity index (χ0) is 17.8. The molecule has 4 rings (SSSR count). The van der Waals surface area contributed by atoms with Gasteiger partial charge in [-0.25, -0.2) is 4.98 Å². The maximum Gasteiger partial charge on any atom is 0.227 e. The van der Waals surface area contributed by atoms with Crippen molar-refractivity contribution in [1.82, 2.24) is 4.98 Å². The quantitative estimate of drug-likeness (QED) is 0.634. The third-order valence-corrected chi connectivity index (χ3v) is 5.21. The van der Waals surface area contributed by atoms with Crippen molar-refractivity contribution in [3.8, 4) is 11.5 Å². The van der Waals surface area contributed by atoms with Crippen LogP contribution in [-0.2, 0) is 4.79 Å². The van der Waals surface area contributed by atoms with Gasteiger partial charge in [-0.05, 0) is 48.7 Å². The summed E-state index contributed by atoms with van der Waals surface area (Å²) in [5, 5.41) is 3.00. The van der Waals surface area contributed by atoms with Gasteiger partial charge in [0.2, 0.25) is 11.8 Å². The van der Waals surface area contributed by atoms with Crippen molar-refractivity contribution in [3.05, 3.63) is 48.5 Å². The molecule has 1 saturated carbocycles. The van der Waals surface area contributed by atoms with E-state index in [1.54, 1.807) is 0 Å². The van der Waals surface area contributed by atoms with E-state index in [-0.39, 0.29) is 5.91 Å². The van der Waals surface area contributed by atoms with Crippen LogP contribution < -0.4 is 5.32 Å². The Kier molecular flexibility index (Phi) is 5.00. The summed E-state index contributed by atoms with van der Waals surface area (Å²) in [7, 11) is 0. The van der Waals surface area contributed by atoms with Crippen LogP contribution in [0, 0.1) is 5.92 Å². The highest BCUT2D eigenvalue weighted by atomic mass is 16.3. The molecule has 134 valence electrons. The fraction of sp³-hybridized carbons (Fsp3) is 0.364. The summed E-state index contributed by atoms with van der Waals surface area (Å²) in [6.45, 7) is 0. The molecule has 0 aliphatic heterocycles. The normalized spacial score (nSPS) is 15.2. The number of nitrogens with one attached hydrogen (secondary N) is 1. The number of aromatic nitrogens is 1. The molecule has 1 fully saturated rings. The Bertz CT molecular complexity index is 844. The van der Waals surface area contributed by atoms with Crippen LogP contribution in [-0.4, -0.2) is 10.9 Å². The van der Waals surface area contributed by atoms with Gasteiger partial charge >= 0.3 is 0 Å². The summed E-state index contributed by atoms with van der Waals surface area (Å²) < 4.78 is 5.78. The van der Waals surface area contributed by atoms with E-state index in [0.717, 1.165) is 34.7 Å². The molecule has 0 spiro atoms. The van der Waals surface area contributed by atoms with Crippen LogP contribution in [0.25, 0.3) is 22.6 Å². The van der Waals surface area contributed by atoms with Gasteiger partial charge in [0.25, 0.3) is 0 Å². The first kappa shape index (κ1) is 16.8. The van der Waals surface area contributed by atoms with Crippen LogP contribution in [0.5, 0.6) is 0 Å². The first-order chi connectivity index (χ1) is 12.8. The highest BCUT2D eigenvalue weighted by molar-refractivity contribution is 5.91. The van der Waals surface area contributed by atoms with Gasteiger partial charge in [0.05, 0.1) is 0 Å². The Morgan fingerprint density at radius 1 is 1.04 bits per heavy atom. The lowest BCUT2D eigenvalue weighted by atomic mass is 9.86. The lowest BCUT2D eigenvalue weighted by Gasteiger charge is -2.20. The van der Waals surface area contributed by atoms with E-state index in [4.69, 9.17) is 4.42 Å². The van der Waals surface area contributed by atoms with Crippen molar-refractivity contribution in [3.63, 3.8) is 0 Å². The Morgan fingerprint density at radius 3 is 2.58 bits per heavy atom. The van der Waals surface area contributed by atoms with Gasteiger partial charge in [-0.3, -0.25) is 4.79 Å². The number of anilines is 1. The summed E-state index contributed by atoms with van der Waals surface area (Å²) in [5.74, 6) is 1.43. The minimum Gasteiger partial charge on any atom is -0.436 e. The second-order valence-electron chi connectivity index (χ2n) is 7.15. The molecule has 1 aliphatic carbocycles. The third-order valence-electron chi connectivity index (χ3n) is 5.21. The molecule has 1 aliphatic rings. The van der Waals surface area contributed by atoms with Crippen LogP contribution in [0.15, 0.2) is 52.9 Å². The summed E-state index contributed by atoms with van der Waals surface area (Å²) in [6, 6.07) is 15.4. The fourth-order valence-electron chi connectivity index (χ4n) is 3.73. The van der Waals surface area contributed by atoms with Crippen LogP contribution in [0.1, 0.15) is 44.9 Å². The number of hydrogen-bond acceptors (Lipinski definition) is 3. The second kappa shape index (κ2) is 7.73. The summed E-state index contributed by atoms with van der Waals surface area (Å²) in [5.41, 5.74) is 3.35. The number of hydrogen-bond donors (Lipinski definition) is 1. The second-order valence-corrected chi connectivity index (χ2v) is 7.15. The van der Waals surface area contributed by atoms with Gasteiger partial charge in [0.1, 0.15) is 5.52 Å². The van der Waals surface area contributed by atoms with E-state index < -0.39 is 0 Å². The van der Waals surface area contributed by atoms with Gasteiger partial charge in [-0.1, -0.05) is 44.2 Å². The predicted octanol–water partition coefficient (Wildman–Crippen LogP) is 5.79. The van der Waals surface area contributed by atoms with Gasteiger partial charge in [0.15, 0.2) is 5.58 Å². The molecular weight excluding hydrogens is 324 g/mol. The van der Waals surface area contributed by atoms with Gasteiger partial charge in [-0.2, -0.15) is 0 Å². The Morgan fingerprint density at radius 2 is 1.81 bits per heavy atom. The molecule has 1 amide bonds. The average molecular weight is 348 g/mol. The predicted molar refractivity (Wildman–Crippen MR) is 104 cm³/mol. The minimum absolute atomic E-state index is 0.102. The molecule has 3 aromatic rings. The zero-order valence-electron chi connectivity index (χ0n) is 14.9. The molecule has 1 heterocycles. The fourth-order valence-corrected chi connectivity index (χ4v) is 3.73. The number of oxazole rings is 1. The lowest BCUT2D eigenvalue weighted by Crippen LogP contribution is -2.14. The van der Waals surface area contributed by atoms with Crippen molar-refractivity contribution in [2.75, 3.05) is 5.32 Å². The maximum atomic E-state index is 12.2. The van der Waals surface area contributed by atoms with E-state index in [9.17, 15) is 4.79 Å². The molecule has 0 unspecified atom stereocenters. The molecule has 0 bridgehead atoms. The van der Waals surface area contributed by atoms with Gasteiger partial charge in [0, 0.05) is 17.7 Å². The molecular formula is C22H24N2O2. The Balaban J connectivity index is 1.35. The number of fused-ring (bicyclic) bond motifs is 1. The number of para-hydroxylation sites is 2. The average Bonchev–Trinajstić information content (AvgIpc) is 3.12. The van der Waals surface area contributed by atoms with Crippen molar-refractivity contribution in [1.29, 1.82) is 0 Å². The molecule has 0 saturated heterocycles. The summed E-state index contributed by atoms with van der Waals surface area (Å²) in [4.78, 5) is 16.7. The highest BCUT2D eigenvalue weighted by Crippen LogP contribution is 2.28. The summed E-state index contributed by atoms with van der Waals surface area (Å²) >= 11 is 0. The zero-order valence-corrected chi connectivity index (χ0v) is 14.9. The van der Waals surface area contributed by atoms with Crippen LogP contribution in [0.4, 0.5) is 5.69 Å². The number of rotatable bonds is 5. The first-order valence-corrected chi connectivity index (χ1v) is 9.54. The Labute approximate surface area is 153 Å². The van der Waals surface area contributed by atoms with Crippen molar-refractivity contribution in [2.24, 2.45) is 5.92 Å². The molecule has 0 atom stereocenters. The van der Waals surface area contributed by atoms with Crippen LogP contribution in [0.3, 0.4) is 0 Å². The summed E-state index contributed by atoms with van der Waals surface area (Å²) in [6.07, 6.45) is 8.19. The number of nitrogens with zero attached hydrogens (tertiary/aromatic N) is 1. The molecule has 4 nitrogen and oxygen atoms in total. The number of carbonyl (C=O) groups is 1. The Hall–Kier alpha value is -2.62. The standard InChI is InChI=1S/C22H24N2O2/c25-21(15-10-16-6-2-1-3-7-16)23-18-13-11-17(12-14-18)22-24-19-8-4-5-9-20(19)26-22/h4-5,8-9,11-14,16H,1-3,6-7,10,15H2,(H,23,25). The third kappa shape index (κ3) is 3.96. The van der Waals surface area contributed by atoms with Crippen molar-refractivity contribution >= 4 is 22.7 Å². The highest BCUT2D eigenvalue weighted by Gasteiger charge is 2.15. The van der Waals surface area contributed by atoms with Crippen LogP contribution >= 0.6 is 0 Å². The molecule has 2 aromatic carbocycles. The van der Waals surface area contributed by atoms with Crippen molar-refractivity contribution in [2.45, 2.75) is 44.9 Å². The number of carbonyl (C=O) groups excluding carboxylic acids is 1. The first-order valence-electron chi connectivity index (χ1n) is 9.54. The maximum absolute atomic E-state index is 12.2. The van der Waals surface area contributed by atoms with E-state index in [1.807, 2.05) is 48.5 Å². The SMILES string of the molecule is O=C(CCC1CCCCC1)Nc1ccc(-c2nc3ccccc3o2)cc1. The molecule has 1 N–H and O–H groups in total. The van der Waals surface area contributed by atoms with E-state index in [2.05, 4.69) is 10.3 Å². The number of amides is 1. The molecule has 26 heavy (non-hydrogen) atoms. The van der Waals surface area contributed by atoms with E-state index in [0.29, 0.717) is 12.3 Å². The van der Waals surface area contributed by atoms with Crippen LogP contribution in [0.2, 0.25) is 0 Å². The van der Waals surface area contributed by atoms with Gasteiger partial charge in [-0.15, -0.1) is 0 Å². The monoisotopic (exact) mass is 348 g/mol. The van der Waals surface area contributed by atoms with E-state index >= 15 is 0 Å². The largest absolute Gasteiger partial charge is 0.436 e. The molecule has 4 heteroatoms. The smallest absolute Gasteiger partial charge is 0.227 e. The minimum atomic E-state index is 0.102. The molecule has 1 aromatic heterocycles. The topological polar surface area (TPSA) is 55.1 Å². The molecule has 0 radical (unpaired) electrons. The number of benzene rings is 2. The van der Waals surface area contributed by atoms with Crippen molar-refractivity contribution < 1.29 is 9.21 Å². The van der Waals surface area contributed by atoms with E-state index in [1.165, 1.54) is 32.1 Å².